The molecule has 2 N–H and O–H groups in total. The largest absolute Gasteiger partial charge is 0.469 e. The number of aryl methyl sites for hydroxylation is 1. The Morgan fingerprint density at radius 2 is 2.11 bits per heavy atom. The zero-order valence-electron chi connectivity index (χ0n) is 12.1. The van der Waals surface area contributed by atoms with Crippen LogP contribution in [0.2, 0.25) is 0 Å². The van der Waals surface area contributed by atoms with Gasteiger partial charge in [-0.1, -0.05) is 20.8 Å². The van der Waals surface area contributed by atoms with E-state index in [1.54, 1.807) is 6.26 Å². The van der Waals surface area contributed by atoms with Crippen molar-refractivity contribution in [3.05, 3.63) is 24.2 Å². The van der Waals surface area contributed by atoms with Gasteiger partial charge in [-0.15, -0.1) is 0 Å². The van der Waals surface area contributed by atoms with Crippen LogP contribution in [0.5, 0.6) is 0 Å². The standard InChI is InChI=1S/C15H27NO2/c1-12(7-8-14-6-5-9-18-14)16-13(11-17)10-15(2,3)4/h5-6,9,12-13,16-17H,7-8,10-11H2,1-4H3. The van der Waals surface area contributed by atoms with E-state index in [9.17, 15) is 5.11 Å². The van der Waals surface area contributed by atoms with Crippen molar-refractivity contribution in [2.45, 2.75) is 59.0 Å². The Morgan fingerprint density at radius 3 is 2.61 bits per heavy atom. The second-order valence-corrected chi connectivity index (χ2v) is 6.33. The number of hydrogen-bond acceptors (Lipinski definition) is 3. The van der Waals surface area contributed by atoms with E-state index >= 15 is 0 Å². The summed E-state index contributed by atoms with van der Waals surface area (Å²) < 4.78 is 5.32. The SMILES string of the molecule is CC(CCc1ccco1)NC(CO)CC(C)(C)C. The van der Waals surface area contributed by atoms with Gasteiger partial charge >= 0.3 is 0 Å². The summed E-state index contributed by atoms with van der Waals surface area (Å²) in [6.45, 7) is 8.96. The highest BCUT2D eigenvalue weighted by molar-refractivity contribution is 4.98. The van der Waals surface area contributed by atoms with Crippen molar-refractivity contribution in [3.8, 4) is 0 Å². The van der Waals surface area contributed by atoms with Crippen LogP contribution in [-0.4, -0.2) is 23.8 Å². The Labute approximate surface area is 111 Å². The van der Waals surface area contributed by atoms with E-state index in [0.29, 0.717) is 6.04 Å². The van der Waals surface area contributed by atoms with Crippen LogP contribution in [0.25, 0.3) is 0 Å². The molecule has 0 aliphatic heterocycles. The number of rotatable bonds is 7. The van der Waals surface area contributed by atoms with Gasteiger partial charge in [0.1, 0.15) is 5.76 Å². The first kappa shape index (κ1) is 15.3. The molecule has 18 heavy (non-hydrogen) atoms. The molecule has 2 unspecified atom stereocenters. The number of hydrogen-bond donors (Lipinski definition) is 2. The number of aliphatic hydroxyl groups excluding tert-OH is 1. The van der Waals surface area contributed by atoms with E-state index in [2.05, 4.69) is 33.0 Å². The fourth-order valence-corrected chi connectivity index (χ4v) is 2.21. The molecule has 3 heteroatoms. The molecule has 104 valence electrons. The van der Waals surface area contributed by atoms with Gasteiger partial charge in [-0.05, 0) is 37.3 Å². The molecule has 1 heterocycles. The van der Waals surface area contributed by atoms with E-state index in [1.807, 2.05) is 12.1 Å². The summed E-state index contributed by atoms with van der Waals surface area (Å²) >= 11 is 0. The number of aliphatic hydroxyl groups is 1. The van der Waals surface area contributed by atoms with Gasteiger partial charge < -0.3 is 14.8 Å². The first-order chi connectivity index (χ1) is 8.40. The molecule has 0 amide bonds. The third-order valence-corrected chi connectivity index (χ3v) is 3.00. The lowest BCUT2D eigenvalue weighted by Crippen LogP contribution is -2.41. The van der Waals surface area contributed by atoms with Gasteiger partial charge in [0.05, 0.1) is 12.9 Å². The summed E-state index contributed by atoms with van der Waals surface area (Å²) in [7, 11) is 0. The second kappa shape index (κ2) is 6.95. The highest BCUT2D eigenvalue weighted by Gasteiger charge is 2.19. The van der Waals surface area contributed by atoms with Crippen LogP contribution in [0.3, 0.4) is 0 Å². The lowest BCUT2D eigenvalue weighted by molar-refractivity contribution is 0.188. The van der Waals surface area contributed by atoms with Crippen LogP contribution >= 0.6 is 0 Å². The van der Waals surface area contributed by atoms with Gasteiger partial charge in [-0.25, -0.2) is 0 Å². The summed E-state index contributed by atoms with van der Waals surface area (Å²) in [5.41, 5.74) is 0.237. The molecular weight excluding hydrogens is 226 g/mol. The molecule has 0 fully saturated rings. The highest BCUT2D eigenvalue weighted by atomic mass is 16.3. The van der Waals surface area contributed by atoms with Crippen LogP contribution in [0.15, 0.2) is 22.8 Å². The van der Waals surface area contributed by atoms with Crippen molar-refractivity contribution in [3.63, 3.8) is 0 Å². The summed E-state index contributed by atoms with van der Waals surface area (Å²) in [6, 6.07) is 4.49. The van der Waals surface area contributed by atoms with Crippen LogP contribution in [0.4, 0.5) is 0 Å². The molecule has 0 spiro atoms. The van der Waals surface area contributed by atoms with Crippen molar-refractivity contribution in [2.24, 2.45) is 5.41 Å². The van der Waals surface area contributed by atoms with Gasteiger partial charge in [0.2, 0.25) is 0 Å². The van der Waals surface area contributed by atoms with E-state index in [0.717, 1.165) is 25.0 Å². The van der Waals surface area contributed by atoms with Crippen LogP contribution in [0, 0.1) is 5.41 Å². The Bertz CT molecular complexity index is 314. The average molecular weight is 253 g/mol. The minimum atomic E-state index is 0.177. The predicted octanol–water partition coefficient (Wildman–Crippen LogP) is 2.99. The van der Waals surface area contributed by atoms with Gasteiger partial charge in [0.15, 0.2) is 0 Å². The molecule has 0 bridgehead atoms. The summed E-state index contributed by atoms with van der Waals surface area (Å²) in [5, 5.41) is 12.9. The molecule has 3 nitrogen and oxygen atoms in total. The molecule has 1 aromatic rings. The quantitative estimate of drug-likeness (QED) is 0.785. The van der Waals surface area contributed by atoms with Gasteiger partial charge in [0.25, 0.3) is 0 Å². The maximum atomic E-state index is 9.41. The molecular formula is C15H27NO2. The number of furan rings is 1. The summed E-state index contributed by atoms with van der Waals surface area (Å²) in [6.07, 6.45) is 4.65. The fraction of sp³-hybridized carbons (Fsp3) is 0.733. The molecule has 0 aromatic carbocycles. The van der Waals surface area contributed by atoms with Gasteiger partial charge in [0, 0.05) is 18.5 Å². The Hall–Kier alpha value is -0.800. The molecule has 0 radical (unpaired) electrons. The average Bonchev–Trinajstić information content (AvgIpc) is 2.76. The van der Waals surface area contributed by atoms with Crippen molar-refractivity contribution in [2.75, 3.05) is 6.61 Å². The predicted molar refractivity (Wildman–Crippen MR) is 74.6 cm³/mol. The highest BCUT2D eigenvalue weighted by Crippen LogP contribution is 2.21. The van der Waals surface area contributed by atoms with Gasteiger partial charge in [-0.3, -0.25) is 0 Å². The zero-order valence-corrected chi connectivity index (χ0v) is 12.1. The van der Waals surface area contributed by atoms with Gasteiger partial charge in [-0.2, -0.15) is 0 Å². The summed E-state index contributed by atoms with van der Waals surface area (Å²) in [5.74, 6) is 1.03. The molecule has 0 aliphatic carbocycles. The van der Waals surface area contributed by atoms with Crippen molar-refractivity contribution < 1.29 is 9.52 Å². The Morgan fingerprint density at radius 1 is 1.39 bits per heavy atom. The smallest absolute Gasteiger partial charge is 0.103 e. The molecule has 0 saturated heterocycles. The maximum absolute atomic E-state index is 9.41. The molecule has 0 aliphatic rings. The van der Waals surface area contributed by atoms with Crippen LogP contribution in [0.1, 0.15) is 46.3 Å². The maximum Gasteiger partial charge on any atom is 0.103 e. The minimum absolute atomic E-state index is 0.177. The first-order valence-corrected chi connectivity index (χ1v) is 6.80. The molecule has 0 saturated carbocycles. The van der Waals surface area contributed by atoms with E-state index in [1.165, 1.54) is 0 Å². The Balaban J connectivity index is 2.30. The normalized spacial score (nSPS) is 15.6. The van der Waals surface area contributed by atoms with E-state index in [-0.39, 0.29) is 18.1 Å². The molecule has 2 atom stereocenters. The van der Waals surface area contributed by atoms with Crippen LogP contribution < -0.4 is 5.32 Å². The third kappa shape index (κ3) is 6.22. The van der Waals surface area contributed by atoms with E-state index < -0.39 is 0 Å². The lowest BCUT2D eigenvalue weighted by Gasteiger charge is -2.28. The topological polar surface area (TPSA) is 45.4 Å². The minimum Gasteiger partial charge on any atom is -0.469 e. The molecule has 1 aromatic heterocycles. The van der Waals surface area contributed by atoms with Crippen molar-refractivity contribution in [1.82, 2.24) is 5.32 Å². The van der Waals surface area contributed by atoms with Crippen LogP contribution in [-0.2, 0) is 6.42 Å². The second-order valence-electron chi connectivity index (χ2n) is 6.33. The van der Waals surface area contributed by atoms with Crippen molar-refractivity contribution in [1.29, 1.82) is 0 Å². The Kier molecular flexibility index (Phi) is 5.89. The van der Waals surface area contributed by atoms with E-state index in [4.69, 9.17) is 4.42 Å². The monoisotopic (exact) mass is 253 g/mol. The lowest BCUT2D eigenvalue weighted by atomic mass is 9.88. The summed E-state index contributed by atoms with van der Waals surface area (Å²) in [4.78, 5) is 0. The zero-order chi connectivity index (χ0) is 13.6. The third-order valence-electron chi connectivity index (χ3n) is 3.00. The number of nitrogens with one attached hydrogen (secondary N) is 1. The fourth-order valence-electron chi connectivity index (χ4n) is 2.21. The van der Waals surface area contributed by atoms with Crippen molar-refractivity contribution >= 4 is 0 Å². The molecule has 1 rings (SSSR count). The first-order valence-electron chi connectivity index (χ1n) is 6.80.